The zero-order valence-corrected chi connectivity index (χ0v) is 12.3. The molecule has 3 rings (SSSR count). The molecule has 1 aliphatic rings. The van der Waals surface area contributed by atoms with Crippen LogP contribution in [0.25, 0.3) is 11.5 Å². The van der Waals surface area contributed by atoms with E-state index in [1.54, 1.807) is 0 Å². The Kier molecular flexibility index (Phi) is 4.68. The summed E-state index contributed by atoms with van der Waals surface area (Å²) in [4.78, 5) is 5.75. The Balaban J connectivity index is 1.63. The SMILES string of the molecule is N#Cc1nc(-c2ccccc2)oc1NCC[NH+]1CCOCC1. The molecule has 0 spiro atoms. The van der Waals surface area contributed by atoms with Crippen molar-refractivity contribution >= 4 is 5.88 Å². The lowest BCUT2D eigenvalue weighted by Gasteiger charge is -2.23. The van der Waals surface area contributed by atoms with Crippen LogP contribution in [-0.4, -0.2) is 44.4 Å². The first kappa shape index (κ1) is 14.6. The number of oxazole rings is 1. The normalized spacial score (nSPS) is 15.4. The van der Waals surface area contributed by atoms with Crippen LogP contribution in [0.3, 0.4) is 0 Å². The van der Waals surface area contributed by atoms with Gasteiger partial charge in [0.25, 0.3) is 0 Å². The number of hydrogen-bond acceptors (Lipinski definition) is 5. The van der Waals surface area contributed by atoms with Gasteiger partial charge >= 0.3 is 0 Å². The highest BCUT2D eigenvalue weighted by molar-refractivity contribution is 5.58. The molecule has 2 heterocycles. The van der Waals surface area contributed by atoms with Crippen molar-refractivity contribution < 1.29 is 14.1 Å². The minimum Gasteiger partial charge on any atom is -0.419 e. The summed E-state index contributed by atoms with van der Waals surface area (Å²) in [5, 5.41) is 12.4. The largest absolute Gasteiger partial charge is 0.419 e. The van der Waals surface area contributed by atoms with Gasteiger partial charge in [0.2, 0.25) is 17.5 Å². The van der Waals surface area contributed by atoms with E-state index in [2.05, 4.69) is 16.4 Å². The minimum atomic E-state index is 0.302. The first-order valence-electron chi connectivity index (χ1n) is 7.48. The van der Waals surface area contributed by atoms with Crippen LogP contribution >= 0.6 is 0 Å². The summed E-state index contributed by atoms with van der Waals surface area (Å²) >= 11 is 0. The third-order valence-electron chi connectivity index (χ3n) is 3.72. The number of hydrogen-bond donors (Lipinski definition) is 2. The summed E-state index contributed by atoms with van der Waals surface area (Å²) in [6.07, 6.45) is 0. The predicted octanol–water partition coefficient (Wildman–Crippen LogP) is 0.540. The third kappa shape index (κ3) is 3.45. The van der Waals surface area contributed by atoms with E-state index >= 15 is 0 Å². The van der Waals surface area contributed by atoms with Gasteiger partial charge in [-0.1, -0.05) is 18.2 Å². The van der Waals surface area contributed by atoms with Crippen molar-refractivity contribution in [1.82, 2.24) is 4.98 Å². The lowest BCUT2D eigenvalue weighted by atomic mass is 10.2. The van der Waals surface area contributed by atoms with E-state index in [0.717, 1.165) is 45.0 Å². The van der Waals surface area contributed by atoms with Crippen molar-refractivity contribution in [3.63, 3.8) is 0 Å². The van der Waals surface area contributed by atoms with E-state index in [4.69, 9.17) is 9.15 Å². The van der Waals surface area contributed by atoms with Gasteiger partial charge in [-0.25, -0.2) is 0 Å². The fraction of sp³-hybridized carbons (Fsp3) is 0.375. The van der Waals surface area contributed by atoms with Gasteiger partial charge in [0.1, 0.15) is 19.2 Å². The Labute approximate surface area is 129 Å². The molecule has 1 aromatic carbocycles. The number of nitriles is 1. The highest BCUT2D eigenvalue weighted by atomic mass is 16.5. The molecule has 0 unspecified atom stereocenters. The van der Waals surface area contributed by atoms with Crippen LogP contribution < -0.4 is 10.2 Å². The summed E-state index contributed by atoms with van der Waals surface area (Å²) in [7, 11) is 0. The molecule has 114 valence electrons. The molecule has 6 nitrogen and oxygen atoms in total. The van der Waals surface area contributed by atoms with Crippen molar-refractivity contribution in [2.45, 2.75) is 0 Å². The maximum atomic E-state index is 9.19. The van der Waals surface area contributed by atoms with Crippen LogP contribution in [0.5, 0.6) is 0 Å². The Morgan fingerprint density at radius 1 is 1.23 bits per heavy atom. The molecule has 0 amide bonds. The average molecular weight is 299 g/mol. The van der Waals surface area contributed by atoms with Gasteiger partial charge in [0, 0.05) is 5.56 Å². The van der Waals surface area contributed by atoms with Crippen LogP contribution in [0.1, 0.15) is 5.69 Å². The summed E-state index contributed by atoms with van der Waals surface area (Å²) in [5.41, 5.74) is 1.17. The topological polar surface area (TPSA) is 75.5 Å². The molecule has 22 heavy (non-hydrogen) atoms. The Hall–Kier alpha value is -2.36. The summed E-state index contributed by atoms with van der Waals surface area (Å²) in [5.74, 6) is 0.924. The standard InChI is InChI=1S/C16H18N4O2/c17-12-14-16(18-6-7-20-8-10-21-11-9-20)22-15(19-14)13-4-2-1-3-5-13/h1-5,18H,6-11H2/p+1. The lowest BCUT2D eigenvalue weighted by Crippen LogP contribution is -3.14. The van der Waals surface area contributed by atoms with Gasteiger partial charge in [0.05, 0.1) is 26.3 Å². The number of morpholine rings is 1. The van der Waals surface area contributed by atoms with Crippen molar-refractivity contribution in [2.24, 2.45) is 0 Å². The highest BCUT2D eigenvalue weighted by Crippen LogP contribution is 2.24. The maximum Gasteiger partial charge on any atom is 0.232 e. The van der Waals surface area contributed by atoms with Crippen molar-refractivity contribution in [3.8, 4) is 17.5 Å². The maximum absolute atomic E-state index is 9.19. The van der Waals surface area contributed by atoms with Gasteiger partial charge < -0.3 is 19.4 Å². The van der Waals surface area contributed by atoms with E-state index in [0.29, 0.717) is 17.5 Å². The number of rotatable bonds is 5. The number of anilines is 1. The van der Waals surface area contributed by atoms with E-state index < -0.39 is 0 Å². The van der Waals surface area contributed by atoms with Crippen LogP contribution in [-0.2, 0) is 4.74 Å². The van der Waals surface area contributed by atoms with Crippen molar-refractivity contribution in [3.05, 3.63) is 36.0 Å². The molecular formula is C16H19N4O2+. The number of benzene rings is 1. The van der Waals surface area contributed by atoms with Gasteiger partial charge in [-0.15, -0.1) is 0 Å². The van der Waals surface area contributed by atoms with E-state index in [1.807, 2.05) is 30.3 Å². The Bertz CT molecular complexity index is 642. The first-order valence-corrected chi connectivity index (χ1v) is 7.48. The molecule has 2 N–H and O–H groups in total. The average Bonchev–Trinajstić information content (AvgIpc) is 3.00. The van der Waals surface area contributed by atoms with Gasteiger partial charge in [0.15, 0.2) is 0 Å². The quantitative estimate of drug-likeness (QED) is 0.843. The molecule has 0 atom stereocenters. The summed E-state index contributed by atoms with van der Waals surface area (Å²) in [6, 6.07) is 11.7. The second-order valence-corrected chi connectivity index (χ2v) is 5.21. The number of aromatic nitrogens is 1. The van der Waals surface area contributed by atoms with E-state index in [9.17, 15) is 5.26 Å². The second-order valence-electron chi connectivity index (χ2n) is 5.21. The number of nitrogens with one attached hydrogen (secondary N) is 2. The molecule has 1 fully saturated rings. The molecule has 1 aromatic heterocycles. The molecule has 1 aliphatic heterocycles. The molecule has 0 aliphatic carbocycles. The monoisotopic (exact) mass is 299 g/mol. The minimum absolute atomic E-state index is 0.302. The number of ether oxygens (including phenoxy) is 1. The van der Waals surface area contributed by atoms with Crippen LogP contribution in [0.4, 0.5) is 5.88 Å². The zero-order chi connectivity index (χ0) is 15.2. The predicted molar refractivity (Wildman–Crippen MR) is 81.5 cm³/mol. The van der Waals surface area contributed by atoms with E-state index in [1.165, 1.54) is 4.90 Å². The van der Waals surface area contributed by atoms with Crippen molar-refractivity contribution in [2.75, 3.05) is 44.7 Å². The molecular weight excluding hydrogens is 280 g/mol. The van der Waals surface area contributed by atoms with Gasteiger partial charge in [-0.2, -0.15) is 10.2 Å². The summed E-state index contributed by atoms with van der Waals surface area (Å²) in [6.45, 7) is 5.40. The molecule has 0 bridgehead atoms. The molecule has 6 heteroatoms. The second kappa shape index (κ2) is 7.07. The smallest absolute Gasteiger partial charge is 0.232 e. The van der Waals surface area contributed by atoms with Gasteiger partial charge in [-0.3, -0.25) is 0 Å². The van der Waals surface area contributed by atoms with Crippen LogP contribution in [0.15, 0.2) is 34.7 Å². The molecule has 1 saturated heterocycles. The number of quaternary nitrogens is 1. The number of nitrogens with zero attached hydrogens (tertiary/aromatic N) is 2. The Morgan fingerprint density at radius 3 is 2.73 bits per heavy atom. The molecule has 2 aromatic rings. The van der Waals surface area contributed by atoms with Crippen LogP contribution in [0, 0.1) is 11.3 Å². The molecule has 0 radical (unpaired) electrons. The lowest BCUT2D eigenvalue weighted by molar-refractivity contribution is -0.906. The zero-order valence-electron chi connectivity index (χ0n) is 12.3. The first-order chi connectivity index (χ1) is 10.9. The Morgan fingerprint density at radius 2 is 2.00 bits per heavy atom. The summed E-state index contributed by atoms with van der Waals surface area (Å²) < 4.78 is 11.0. The van der Waals surface area contributed by atoms with Crippen molar-refractivity contribution in [1.29, 1.82) is 5.26 Å². The van der Waals surface area contributed by atoms with Crippen LogP contribution in [0.2, 0.25) is 0 Å². The molecule has 0 saturated carbocycles. The highest BCUT2D eigenvalue weighted by Gasteiger charge is 2.16. The van der Waals surface area contributed by atoms with Gasteiger partial charge in [-0.05, 0) is 12.1 Å². The third-order valence-corrected chi connectivity index (χ3v) is 3.72. The fourth-order valence-corrected chi connectivity index (χ4v) is 2.48. The fourth-order valence-electron chi connectivity index (χ4n) is 2.48. The van der Waals surface area contributed by atoms with E-state index in [-0.39, 0.29) is 0 Å².